The van der Waals surface area contributed by atoms with E-state index in [-0.39, 0.29) is 11.0 Å². The molecule has 0 aliphatic heterocycles. The molecule has 0 saturated heterocycles. The molecule has 1 N–H and O–H groups in total. The van der Waals surface area contributed by atoms with Gasteiger partial charge in [0.2, 0.25) is 0 Å². The number of furan rings is 1. The molecular weight excluding hydrogens is 286 g/mol. The minimum atomic E-state index is -3.10. The van der Waals surface area contributed by atoms with Crippen molar-refractivity contribution in [1.82, 2.24) is 5.32 Å². The van der Waals surface area contributed by atoms with Crippen molar-refractivity contribution in [2.45, 2.75) is 70.0 Å². The van der Waals surface area contributed by atoms with E-state index in [0.29, 0.717) is 24.3 Å². The topological polar surface area (TPSA) is 59.3 Å². The lowest BCUT2D eigenvalue weighted by molar-refractivity contribution is 0.380. The lowest BCUT2D eigenvalue weighted by Crippen LogP contribution is -2.28. The second kappa shape index (κ2) is 6.97. The largest absolute Gasteiger partial charge is 0.464 e. The van der Waals surface area contributed by atoms with Crippen molar-refractivity contribution in [1.29, 1.82) is 0 Å². The maximum Gasteiger partial charge on any atom is 0.160 e. The minimum Gasteiger partial charge on any atom is -0.464 e. The molecule has 1 aliphatic carbocycles. The van der Waals surface area contributed by atoms with Gasteiger partial charge in [0.25, 0.3) is 0 Å². The molecule has 2 unspecified atom stereocenters. The summed E-state index contributed by atoms with van der Waals surface area (Å²) in [6.07, 6.45) is 3.77. The second-order valence-corrected chi connectivity index (χ2v) is 8.89. The predicted molar refractivity (Wildman–Crippen MR) is 84.7 cm³/mol. The smallest absolute Gasteiger partial charge is 0.160 e. The highest BCUT2D eigenvalue weighted by Crippen LogP contribution is 2.30. The maximum atomic E-state index is 12.5. The molecule has 4 nitrogen and oxygen atoms in total. The molecule has 2 rings (SSSR count). The molecule has 2 atom stereocenters. The molecule has 1 saturated carbocycles. The third-order valence-electron chi connectivity index (χ3n) is 4.14. The molecule has 1 fully saturated rings. The van der Waals surface area contributed by atoms with Crippen LogP contribution in [0.25, 0.3) is 0 Å². The Balaban J connectivity index is 1.96. The molecular formula is C16H27NO3S. The van der Waals surface area contributed by atoms with Crippen LogP contribution < -0.4 is 5.32 Å². The summed E-state index contributed by atoms with van der Waals surface area (Å²) in [5, 5.41) is 3.07. The van der Waals surface area contributed by atoms with E-state index in [0.717, 1.165) is 31.4 Å². The summed E-state index contributed by atoms with van der Waals surface area (Å²) < 4.78 is 30.6. The van der Waals surface area contributed by atoms with Crippen LogP contribution in [0.2, 0.25) is 0 Å². The van der Waals surface area contributed by atoms with Crippen LogP contribution in [0.3, 0.4) is 0 Å². The van der Waals surface area contributed by atoms with Gasteiger partial charge >= 0.3 is 0 Å². The summed E-state index contributed by atoms with van der Waals surface area (Å²) in [7, 11) is -3.10. The Kier molecular flexibility index (Phi) is 5.49. The van der Waals surface area contributed by atoms with Crippen LogP contribution in [0, 0.1) is 5.92 Å². The summed E-state index contributed by atoms with van der Waals surface area (Å²) in [5.74, 6) is 1.91. The number of nitrogens with one attached hydrogen (secondary N) is 1. The lowest BCUT2D eigenvalue weighted by Gasteiger charge is -2.26. The van der Waals surface area contributed by atoms with Gasteiger partial charge in [-0.15, -0.1) is 0 Å². The standard InChI is InChI=1S/C16H27NO3S/c1-12(2)17-10-14-7-8-15(20-14)11-21(18,19)16-6-4-5-13(3)9-16/h7-8,12-13,16-17H,4-6,9-11H2,1-3H3. The highest BCUT2D eigenvalue weighted by Gasteiger charge is 2.30. The molecule has 1 aliphatic rings. The third kappa shape index (κ3) is 4.85. The fourth-order valence-electron chi connectivity index (χ4n) is 2.92. The zero-order chi connectivity index (χ0) is 15.5. The first-order valence-electron chi connectivity index (χ1n) is 7.89. The van der Waals surface area contributed by atoms with Gasteiger partial charge in [-0.1, -0.05) is 33.6 Å². The highest BCUT2D eigenvalue weighted by molar-refractivity contribution is 7.91. The van der Waals surface area contributed by atoms with Crippen molar-refractivity contribution in [3.8, 4) is 0 Å². The monoisotopic (exact) mass is 313 g/mol. The third-order valence-corrected chi connectivity index (χ3v) is 6.27. The fraction of sp³-hybridized carbons (Fsp3) is 0.750. The molecule has 0 radical (unpaired) electrons. The summed E-state index contributed by atoms with van der Waals surface area (Å²) in [6.45, 7) is 6.92. The van der Waals surface area contributed by atoms with Gasteiger partial charge in [0, 0.05) is 6.04 Å². The van der Waals surface area contributed by atoms with Gasteiger partial charge in [0.05, 0.1) is 11.8 Å². The van der Waals surface area contributed by atoms with Crippen molar-refractivity contribution in [3.63, 3.8) is 0 Å². The molecule has 0 spiro atoms. The van der Waals surface area contributed by atoms with Crippen LogP contribution in [0.15, 0.2) is 16.5 Å². The van der Waals surface area contributed by atoms with Crippen LogP contribution in [-0.2, 0) is 22.1 Å². The van der Waals surface area contributed by atoms with Crippen molar-refractivity contribution in [2.75, 3.05) is 0 Å². The second-order valence-electron chi connectivity index (χ2n) is 6.60. The number of hydrogen-bond acceptors (Lipinski definition) is 4. The van der Waals surface area contributed by atoms with E-state index in [9.17, 15) is 8.42 Å². The number of hydrogen-bond donors (Lipinski definition) is 1. The Morgan fingerprint density at radius 1 is 1.29 bits per heavy atom. The first-order valence-corrected chi connectivity index (χ1v) is 9.61. The van der Waals surface area contributed by atoms with Crippen LogP contribution in [0.5, 0.6) is 0 Å². The Labute approximate surface area is 128 Å². The molecule has 21 heavy (non-hydrogen) atoms. The molecule has 5 heteroatoms. The quantitative estimate of drug-likeness (QED) is 0.875. The number of sulfone groups is 1. The summed E-state index contributed by atoms with van der Waals surface area (Å²) >= 11 is 0. The SMILES string of the molecule is CC1CCCC(S(=O)(=O)Cc2ccc(CNC(C)C)o2)C1. The summed E-state index contributed by atoms with van der Waals surface area (Å²) in [6, 6.07) is 4.04. The van der Waals surface area contributed by atoms with Gasteiger partial charge < -0.3 is 9.73 Å². The van der Waals surface area contributed by atoms with E-state index in [1.165, 1.54) is 0 Å². The Bertz CT molecular complexity index is 548. The van der Waals surface area contributed by atoms with Gasteiger partial charge in [0.15, 0.2) is 9.84 Å². The van der Waals surface area contributed by atoms with Crippen molar-refractivity contribution in [3.05, 3.63) is 23.7 Å². The van der Waals surface area contributed by atoms with Crippen molar-refractivity contribution in [2.24, 2.45) is 5.92 Å². The first-order chi connectivity index (χ1) is 9.87. The van der Waals surface area contributed by atoms with Gasteiger partial charge in [-0.25, -0.2) is 8.42 Å². The Hall–Kier alpha value is -0.810. The van der Waals surface area contributed by atoms with E-state index in [2.05, 4.69) is 26.1 Å². The summed E-state index contributed by atoms with van der Waals surface area (Å²) in [5.41, 5.74) is 0. The van der Waals surface area contributed by atoms with Gasteiger partial charge in [0.1, 0.15) is 17.3 Å². The Morgan fingerprint density at radius 3 is 2.67 bits per heavy atom. The van der Waals surface area contributed by atoms with E-state index in [1.54, 1.807) is 6.07 Å². The van der Waals surface area contributed by atoms with Crippen LogP contribution in [0.1, 0.15) is 58.0 Å². The van der Waals surface area contributed by atoms with E-state index in [1.807, 2.05) is 6.07 Å². The number of rotatable bonds is 6. The van der Waals surface area contributed by atoms with Crippen LogP contribution >= 0.6 is 0 Å². The molecule has 1 heterocycles. The molecule has 1 aromatic rings. The highest BCUT2D eigenvalue weighted by atomic mass is 32.2. The fourth-order valence-corrected chi connectivity index (χ4v) is 4.86. The van der Waals surface area contributed by atoms with Crippen molar-refractivity contribution >= 4 is 9.84 Å². The van der Waals surface area contributed by atoms with E-state index < -0.39 is 9.84 Å². The van der Waals surface area contributed by atoms with Crippen LogP contribution in [0.4, 0.5) is 0 Å². The first kappa shape index (κ1) is 16.6. The van der Waals surface area contributed by atoms with E-state index in [4.69, 9.17) is 4.42 Å². The van der Waals surface area contributed by atoms with Crippen LogP contribution in [-0.4, -0.2) is 19.7 Å². The van der Waals surface area contributed by atoms with E-state index >= 15 is 0 Å². The molecule has 0 aromatic carbocycles. The minimum absolute atomic E-state index is 0.0338. The summed E-state index contributed by atoms with van der Waals surface area (Å²) in [4.78, 5) is 0. The van der Waals surface area contributed by atoms with Crippen molar-refractivity contribution < 1.29 is 12.8 Å². The average Bonchev–Trinajstić information content (AvgIpc) is 2.83. The lowest BCUT2D eigenvalue weighted by atomic mass is 9.91. The predicted octanol–water partition coefficient (Wildman–Crippen LogP) is 3.27. The van der Waals surface area contributed by atoms with Gasteiger partial charge in [-0.3, -0.25) is 0 Å². The maximum absolute atomic E-state index is 12.5. The normalized spacial score (nSPS) is 23.6. The average molecular weight is 313 g/mol. The molecule has 0 bridgehead atoms. The Morgan fingerprint density at radius 2 is 2.00 bits per heavy atom. The van der Waals surface area contributed by atoms with Gasteiger partial charge in [-0.05, 0) is 30.9 Å². The molecule has 0 amide bonds. The zero-order valence-corrected chi connectivity index (χ0v) is 14.1. The zero-order valence-electron chi connectivity index (χ0n) is 13.3. The molecule has 1 aromatic heterocycles. The molecule has 120 valence electrons. The van der Waals surface area contributed by atoms with Gasteiger partial charge in [-0.2, -0.15) is 0 Å².